The van der Waals surface area contributed by atoms with Gasteiger partial charge < -0.3 is 30.6 Å². The molecule has 5 N–H and O–H groups in total. The van der Waals surface area contributed by atoms with E-state index in [0.717, 1.165) is 5.69 Å². The van der Waals surface area contributed by atoms with Crippen LogP contribution in [-0.2, 0) is 11.8 Å². The predicted molar refractivity (Wildman–Crippen MR) is 88.9 cm³/mol. The second-order valence-electron chi connectivity index (χ2n) is 5.83. The molecule has 24 heavy (non-hydrogen) atoms. The van der Waals surface area contributed by atoms with Gasteiger partial charge in [0.05, 0.1) is 18.8 Å². The Morgan fingerprint density at radius 2 is 2.12 bits per heavy atom. The number of hydrogen-bond donors (Lipinski definition) is 4. The van der Waals surface area contributed by atoms with Crippen LogP contribution in [0.4, 0.5) is 17.2 Å². The number of anilines is 3. The Kier molecular flexibility index (Phi) is 4.52. The lowest BCUT2D eigenvalue weighted by Crippen LogP contribution is -2.24. The van der Waals surface area contributed by atoms with E-state index in [0.29, 0.717) is 23.5 Å². The molecule has 0 amide bonds. The van der Waals surface area contributed by atoms with Crippen molar-refractivity contribution in [3.63, 3.8) is 0 Å². The fourth-order valence-electron chi connectivity index (χ4n) is 2.70. The Hall–Kier alpha value is -2.42. The van der Waals surface area contributed by atoms with Crippen LogP contribution in [0.5, 0.6) is 0 Å². The Balaban J connectivity index is 1.95. The van der Waals surface area contributed by atoms with Gasteiger partial charge >= 0.3 is 5.69 Å². The molecule has 3 atom stereocenters. The first-order chi connectivity index (χ1) is 11.5. The lowest BCUT2D eigenvalue weighted by molar-refractivity contribution is -0.0226. The fraction of sp³-hybridized carbons (Fsp3) is 0.375. The second-order valence-corrected chi connectivity index (χ2v) is 5.83. The highest BCUT2D eigenvalue weighted by atomic mass is 16.5. The summed E-state index contributed by atoms with van der Waals surface area (Å²) in [6, 6.07) is 7.03. The number of nitrogen functional groups attached to an aromatic ring is 1. The van der Waals surface area contributed by atoms with E-state index >= 15 is 0 Å². The molecule has 128 valence electrons. The smallest absolute Gasteiger partial charge is 0.349 e. The van der Waals surface area contributed by atoms with E-state index in [1.807, 2.05) is 0 Å². The molecule has 0 unspecified atom stereocenters. The molecule has 3 rings (SSSR count). The molecule has 2 heterocycles. The monoisotopic (exact) mass is 332 g/mol. The Labute approximate surface area is 138 Å². The molecule has 1 saturated heterocycles. The molecule has 0 radical (unpaired) electrons. The van der Waals surface area contributed by atoms with Gasteiger partial charge in [-0.05, 0) is 24.3 Å². The number of benzene rings is 1. The van der Waals surface area contributed by atoms with E-state index in [1.54, 1.807) is 37.5 Å². The largest absolute Gasteiger partial charge is 0.399 e. The Morgan fingerprint density at radius 3 is 2.75 bits per heavy atom. The summed E-state index contributed by atoms with van der Waals surface area (Å²) in [6.07, 6.45) is 0.0825. The molecular weight excluding hydrogens is 312 g/mol. The molecule has 1 fully saturated rings. The summed E-state index contributed by atoms with van der Waals surface area (Å²) < 4.78 is 7.04. The maximum Gasteiger partial charge on any atom is 0.349 e. The third-order valence-corrected chi connectivity index (χ3v) is 4.04. The number of ether oxygens (including phenoxy) is 1. The van der Waals surface area contributed by atoms with Gasteiger partial charge in [0, 0.05) is 36.6 Å². The molecule has 0 aliphatic carbocycles. The van der Waals surface area contributed by atoms with Crippen LogP contribution in [0.25, 0.3) is 0 Å². The number of aryl methyl sites for hydroxylation is 1. The summed E-state index contributed by atoms with van der Waals surface area (Å²) >= 11 is 0. The summed E-state index contributed by atoms with van der Waals surface area (Å²) in [4.78, 5) is 15.9. The highest BCUT2D eigenvalue weighted by Crippen LogP contribution is 2.36. The molecular formula is C16H20N4O4. The lowest BCUT2D eigenvalue weighted by atomic mass is 10.1. The van der Waals surface area contributed by atoms with Crippen molar-refractivity contribution in [2.75, 3.05) is 17.7 Å². The molecule has 2 aromatic rings. The molecule has 0 saturated carbocycles. The van der Waals surface area contributed by atoms with Crippen LogP contribution in [0, 0.1) is 0 Å². The van der Waals surface area contributed by atoms with Crippen LogP contribution in [0.1, 0.15) is 18.1 Å². The minimum Gasteiger partial charge on any atom is -0.399 e. The van der Waals surface area contributed by atoms with Crippen molar-refractivity contribution >= 4 is 17.2 Å². The van der Waals surface area contributed by atoms with E-state index in [9.17, 15) is 15.0 Å². The molecule has 8 nitrogen and oxygen atoms in total. The molecule has 1 aliphatic heterocycles. The van der Waals surface area contributed by atoms with Crippen LogP contribution in [0.15, 0.2) is 35.3 Å². The van der Waals surface area contributed by atoms with Crippen molar-refractivity contribution in [3.05, 3.63) is 46.5 Å². The van der Waals surface area contributed by atoms with Gasteiger partial charge in [-0.2, -0.15) is 4.98 Å². The average molecular weight is 332 g/mol. The molecule has 1 aliphatic rings. The number of nitrogens with one attached hydrogen (secondary N) is 1. The number of rotatable bonds is 4. The van der Waals surface area contributed by atoms with E-state index in [1.165, 1.54) is 4.57 Å². The Bertz CT molecular complexity index is 775. The van der Waals surface area contributed by atoms with Crippen molar-refractivity contribution < 1.29 is 14.9 Å². The van der Waals surface area contributed by atoms with Gasteiger partial charge in [-0.1, -0.05) is 0 Å². The quantitative estimate of drug-likeness (QED) is 0.593. The zero-order chi connectivity index (χ0) is 17.3. The maximum atomic E-state index is 11.9. The molecule has 0 bridgehead atoms. The minimum absolute atomic E-state index is 0.266. The first kappa shape index (κ1) is 16.4. The van der Waals surface area contributed by atoms with E-state index in [-0.39, 0.29) is 6.61 Å². The van der Waals surface area contributed by atoms with Crippen LogP contribution >= 0.6 is 0 Å². The zero-order valence-electron chi connectivity index (χ0n) is 13.2. The summed E-state index contributed by atoms with van der Waals surface area (Å²) in [5.41, 5.74) is 7.26. The Morgan fingerprint density at radius 1 is 1.42 bits per heavy atom. The zero-order valence-corrected chi connectivity index (χ0v) is 13.2. The second kappa shape index (κ2) is 6.60. The van der Waals surface area contributed by atoms with Crippen molar-refractivity contribution in [1.29, 1.82) is 0 Å². The molecule has 0 spiro atoms. The van der Waals surface area contributed by atoms with Gasteiger partial charge in [0.25, 0.3) is 0 Å². The number of aliphatic hydroxyl groups excluding tert-OH is 2. The van der Waals surface area contributed by atoms with Crippen LogP contribution < -0.4 is 16.7 Å². The normalized spacial score (nSPS) is 23.4. The number of aromatic nitrogens is 2. The number of nitrogens with two attached hydrogens (primary N) is 1. The number of aliphatic hydroxyl groups is 2. The summed E-state index contributed by atoms with van der Waals surface area (Å²) in [5, 5.41) is 22.3. The third-order valence-electron chi connectivity index (χ3n) is 4.04. The standard InChI is InChI=1S/C16H20N4O4/c1-20-7-11(13-6-12(22)14(8-21)24-13)15(19-16(20)23)18-10-4-2-9(17)3-5-10/h2-5,7,12-14,21-22H,6,8,17H2,1H3,(H,18,19,23)/t12-,13+,14+/m0/s1. The van der Waals surface area contributed by atoms with Crippen LogP contribution in [0.3, 0.4) is 0 Å². The van der Waals surface area contributed by atoms with Crippen LogP contribution in [-0.4, -0.2) is 38.6 Å². The third kappa shape index (κ3) is 3.25. The van der Waals surface area contributed by atoms with Gasteiger partial charge in [0.2, 0.25) is 0 Å². The van der Waals surface area contributed by atoms with E-state index in [4.69, 9.17) is 10.5 Å². The van der Waals surface area contributed by atoms with Crippen molar-refractivity contribution in [1.82, 2.24) is 9.55 Å². The van der Waals surface area contributed by atoms with Gasteiger partial charge in [0.1, 0.15) is 11.9 Å². The van der Waals surface area contributed by atoms with Gasteiger partial charge in [-0.25, -0.2) is 4.79 Å². The number of hydrogen-bond acceptors (Lipinski definition) is 7. The first-order valence-corrected chi connectivity index (χ1v) is 7.62. The van der Waals surface area contributed by atoms with Gasteiger partial charge in [-0.3, -0.25) is 0 Å². The molecule has 1 aromatic carbocycles. The molecule has 8 heteroatoms. The average Bonchev–Trinajstić information content (AvgIpc) is 2.93. The summed E-state index contributed by atoms with van der Waals surface area (Å²) in [7, 11) is 1.60. The number of nitrogens with zero attached hydrogens (tertiary/aromatic N) is 2. The van der Waals surface area contributed by atoms with E-state index < -0.39 is 24.0 Å². The topological polar surface area (TPSA) is 123 Å². The minimum atomic E-state index is -0.762. The predicted octanol–water partition coefficient (Wildman–Crippen LogP) is 0.289. The van der Waals surface area contributed by atoms with Gasteiger partial charge in [-0.15, -0.1) is 0 Å². The van der Waals surface area contributed by atoms with Crippen molar-refractivity contribution in [2.45, 2.75) is 24.7 Å². The van der Waals surface area contributed by atoms with Crippen molar-refractivity contribution in [3.8, 4) is 0 Å². The highest BCUT2D eigenvalue weighted by Gasteiger charge is 2.36. The first-order valence-electron chi connectivity index (χ1n) is 7.62. The SMILES string of the molecule is Cn1cc([C@H]2C[C@H](O)[C@@H](CO)O2)c(Nc2ccc(N)cc2)nc1=O. The molecule has 1 aromatic heterocycles. The fourth-order valence-corrected chi connectivity index (χ4v) is 2.70. The summed E-state index contributed by atoms with van der Waals surface area (Å²) in [6.45, 7) is -0.266. The van der Waals surface area contributed by atoms with E-state index in [2.05, 4.69) is 10.3 Å². The van der Waals surface area contributed by atoms with Gasteiger partial charge in [0.15, 0.2) is 0 Å². The van der Waals surface area contributed by atoms with Crippen LogP contribution in [0.2, 0.25) is 0 Å². The lowest BCUT2D eigenvalue weighted by Gasteiger charge is -2.17. The van der Waals surface area contributed by atoms with Crippen molar-refractivity contribution in [2.24, 2.45) is 7.05 Å². The maximum absolute atomic E-state index is 11.9. The summed E-state index contributed by atoms with van der Waals surface area (Å²) in [5.74, 6) is 0.360. The highest BCUT2D eigenvalue weighted by molar-refractivity contribution is 5.61.